The number of aryl methyl sites for hydroxylation is 1. The molecule has 0 bridgehead atoms. The van der Waals surface area contributed by atoms with E-state index in [0.29, 0.717) is 18.2 Å². The molecule has 0 spiro atoms. The van der Waals surface area contributed by atoms with Crippen molar-refractivity contribution in [2.45, 2.75) is 33.4 Å². The first-order chi connectivity index (χ1) is 13.5. The number of benzene rings is 2. The molecular weight excluding hydrogens is 353 g/mol. The van der Waals surface area contributed by atoms with Crippen LogP contribution in [0.5, 0.6) is 0 Å². The van der Waals surface area contributed by atoms with Gasteiger partial charge in [-0.05, 0) is 50.6 Å². The molecule has 1 N–H and O–H groups in total. The number of fused-ring (bicyclic) bond motifs is 1. The lowest BCUT2D eigenvalue weighted by Crippen LogP contribution is -2.06. The van der Waals surface area contributed by atoms with Crippen LogP contribution in [0.3, 0.4) is 0 Å². The minimum atomic E-state index is -0.283. The lowest BCUT2D eigenvalue weighted by Gasteiger charge is -2.11. The smallest absolute Gasteiger partial charge is 0.166 e. The number of hydrogen-bond donors (Lipinski definition) is 1. The van der Waals surface area contributed by atoms with Crippen molar-refractivity contribution in [3.63, 3.8) is 0 Å². The zero-order valence-electron chi connectivity index (χ0n) is 16.1. The standard InChI is InChI=1S/C22H22FN5/c1-14(2)28-13-25-19-21(24-12-16-6-4-15(3)5-7-16)26-20(27-22(19)28)17-8-10-18(23)11-9-17/h4-11,13-14H,12H2,1-3H3,(H,24,26,27). The van der Waals surface area contributed by atoms with E-state index in [1.807, 2.05) is 4.57 Å². The fraction of sp³-hybridized carbons (Fsp3) is 0.227. The molecule has 142 valence electrons. The van der Waals surface area contributed by atoms with Crippen LogP contribution in [0.15, 0.2) is 54.9 Å². The predicted octanol–water partition coefficient (Wildman–Crippen LogP) is 5.13. The molecule has 0 radical (unpaired) electrons. The molecule has 0 saturated heterocycles. The number of rotatable bonds is 5. The molecule has 28 heavy (non-hydrogen) atoms. The normalized spacial score (nSPS) is 11.3. The van der Waals surface area contributed by atoms with Gasteiger partial charge in [0.25, 0.3) is 0 Å². The summed E-state index contributed by atoms with van der Waals surface area (Å²) in [7, 11) is 0. The van der Waals surface area contributed by atoms with Gasteiger partial charge in [0, 0.05) is 18.2 Å². The van der Waals surface area contributed by atoms with E-state index in [2.05, 4.69) is 60.3 Å². The van der Waals surface area contributed by atoms with Crippen molar-refractivity contribution in [2.24, 2.45) is 0 Å². The van der Waals surface area contributed by atoms with Crippen LogP contribution in [0, 0.1) is 12.7 Å². The first-order valence-corrected chi connectivity index (χ1v) is 9.31. The van der Waals surface area contributed by atoms with Crippen LogP contribution in [-0.4, -0.2) is 19.5 Å². The first kappa shape index (κ1) is 18.1. The van der Waals surface area contributed by atoms with Crippen molar-refractivity contribution >= 4 is 17.0 Å². The molecule has 5 nitrogen and oxygen atoms in total. The summed E-state index contributed by atoms with van der Waals surface area (Å²) < 4.78 is 15.3. The Balaban J connectivity index is 1.76. The third-order valence-electron chi connectivity index (χ3n) is 4.66. The molecule has 0 unspecified atom stereocenters. The Morgan fingerprint density at radius 2 is 1.71 bits per heavy atom. The zero-order chi connectivity index (χ0) is 19.7. The minimum Gasteiger partial charge on any atom is -0.364 e. The molecule has 0 atom stereocenters. The van der Waals surface area contributed by atoms with Gasteiger partial charge in [-0.25, -0.2) is 19.3 Å². The molecule has 0 amide bonds. The number of halogens is 1. The Morgan fingerprint density at radius 1 is 1.00 bits per heavy atom. The number of aromatic nitrogens is 4. The number of anilines is 1. The fourth-order valence-electron chi connectivity index (χ4n) is 3.04. The maximum atomic E-state index is 13.3. The van der Waals surface area contributed by atoms with Gasteiger partial charge in [-0.2, -0.15) is 0 Å². The summed E-state index contributed by atoms with van der Waals surface area (Å²) in [6, 6.07) is 14.8. The van der Waals surface area contributed by atoms with E-state index in [1.54, 1.807) is 18.5 Å². The SMILES string of the molecule is Cc1ccc(CNc2nc(-c3ccc(F)cc3)nc3c2ncn3C(C)C)cc1. The number of hydrogen-bond acceptors (Lipinski definition) is 4. The van der Waals surface area contributed by atoms with Crippen LogP contribution in [0.2, 0.25) is 0 Å². The van der Waals surface area contributed by atoms with Crippen LogP contribution in [0.1, 0.15) is 31.0 Å². The van der Waals surface area contributed by atoms with Crippen LogP contribution in [0.4, 0.5) is 10.2 Å². The second kappa shape index (κ2) is 7.38. The van der Waals surface area contributed by atoms with E-state index in [4.69, 9.17) is 4.98 Å². The summed E-state index contributed by atoms with van der Waals surface area (Å²) in [4.78, 5) is 13.9. The molecule has 4 rings (SSSR count). The van der Waals surface area contributed by atoms with E-state index >= 15 is 0 Å². The summed E-state index contributed by atoms with van der Waals surface area (Å²) in [6.07, 6.45) is 1.79. The van der Waals surface area contributed by atoms with Gasteiger partial charge in [0.1, 0.15) is 11.3 Å². The van der Waals surface area contributed by atoms with Gasteiger partial charge in [-0.1, -0.05) is 29.8 Å². The molecule has 2 aromatic carbocycles. The van der Waals surface area contributed by atoms with Crippen molar-refractivity contribution in [3.8, 4) is 11.4 Å². The summed E-state index contributed by atoms with van der Waals surface area (Å²) in [5.41, 5.74) is 4.63. The quantitative estimate of drug-likeness (QED) is 0.525. The zero-order valence-corrected chi connectivity index (χ0v) is 16.1. The van der Waals surface area contributed by atoms with Gasteiger partial charge < -0.3 is 9.88 Å². The van der Waals surface area contributed by atoms with Crippen molar-refractivity contribution in [1.82, 2.24) is 19.5 Å². The van der Waals surface area contributed by atoms with Gasteiger partial charge in [-0.15, -0.1) is 0 Å². The maximum absolute atomic E-state index is 13.3. The Labute approximate surface area is 163 Å². The molecule has 0 saturated carbocycles. The Hall–Kier alpha value is -3.28. The Morgan fingerprint density at radius 3 is 2.39 bits per heavy atom. The molecule has 0 aliphatic rings. The largest absolute Gasteiger partial charge is 0.364 e. The topological polar surface area (TPSA) is 55.6 Å². The van der Waals surface area contributed by atoms with E-state index in [0.717, 1.165) is 22.3 Å². The van der Waals surface area contributed by atoms with Gasteiger partial charge in [0.2, 0.25) is 0 Å². The minimum absolute atomic E-state index is 0.214. The maximum Gasteiger partial charge on any atom is 0.166 e. The van der Waals surface area contributed by atoms with Crippen LogP contribution >= 0.6 is 0 Å². The van der Waals surface area contributed by atoms with E-state index in [9.17, 15) is 4.39 Å². The molecule has 0 aliphatic heterocycles. The predicted molar refractivity (Wildman–Crippen MR) is 110 cm³/mol. The average Bonchev–Trinajstić information content (AvgIpc) is 3.12. The second-order valence-electron chi connectivity index (χ2n) is 7.16. The van der Waals surface area contributed by atoms with E-state index in [1.165, 1.54) is 17.7 Å². The Bertz CT molecular complexity index is 1100. The Kier molecular flexibility index (Phi) is 4.77. The van der Waals surface area contributed by atoms with E-state index in [-0.39, 0.29) is 11.9 Å². The monoisotopic (exact) mass is 375 g/mol. The third kappa shape index (κ3) is 3.58. The summed E-state index contributed by atoms with van der Waals surface area (Å²) >= 11 is 0. The molecular formula is C22H22FN5. The number of nitrogens with zero attached hydrogens (tertiary/aromatic N) is 4. The van der Waals surface area contributed by atoms with Crippen LogP contribution < -0.4 is 5.32 Å². The lowest BCUT2D eigenvalue weighted by atomic mass is 10.1. The van der Waals surface area contributed by atoms with Crippen LogP contribution in [0.25, 0.3) is 22.6 Å². The third-order valence-corrected chi connectivity index (χ3v) is 4.66. The molecule has 0 aliphatic carbocycles. The van der Waals surface area contributed by atoms with Crippen LogP contribution in [-0.2, 0) is 6.54 Å². The second-order valence-corrected chi connectivity index (χ2v) is 7.16. The molecule has 2 heterocycles. The van der Waals surface area contributed by atoms with Crippen molar-refractivity contribution in [1.29, 1.82) is 0 Å². The first-order valence-electron chi connectivity index (χ1n) is 9.31. The van der Waals surface area contributed by atoms with Crippen molar-refractivity contribution < 1.29 is 4.39 Å². The highest BCUT2D eigenvalue weighted by molar-refractivity contribution is 5.85. The number of imidazole rings is 1. The molecule has 2 aromatic heterocycles. The van der Waals surface area contributed by atoms with Gasteiger partial charge in [-0.3, -0.25) is 0 Å². The van der Waals surface area contributed by atoms with Gasteiger partial charge in [0.15, 0.2) is 17.3 Å². The average molecular weight is 375 g/mol. The highest BCUT2D eigenvalue weighted by Crippen LogP contribution is 2.26. The highest BCUT2D eigenvalue weighted by atomic mass is 19.1. The summed E-state index contributed by atoms with van der Waals surface area (Å²) in [5, 5.41) is 3.40. The van der Waals surface area contributed by atoms with Crippen molar-refractivity contribution in [3.05, 3.63) is 71.8 Å². The summed E-state index contributed by atoms with van der Waals surface area (Å²) in [6.45, 7) is 6.86. The van der Waals surface area contributed by atoms with Gasteiger partial charge in [0.05, 0.1) is 6.33 Å². The van der Waals surface area contributed by atoms with Crippen molar-refractivity contribution in [2.75, 3.05) is 5.32 Å². The fourth-order valence-corrected chi connectivity index (χ4v) is 3.04. The van der Waals surface area contributed by atoms with E-state index < -0.39 is 0 Å². The van der Waals surface area contributed by atoms with Gasteiger partial charge >= 0.3 is 0 Å². The number of nitrogens with one attached hydrogen (secondary N) is 1. The molecule has 0 fully saturated rings. The lowest BCUT2D eigenvalue weighted by molar-refractivity contribution is 0.613. The summed E-state index contributed by atoms with van der Waals surface area (Å²) in [5.74, 6) is 0.931. The molecule has 6 heteroatoms. The highest BCUT2D eigenvalue weighted by Gasteiger charge is 2.16. The molecule has 4 aromatic rings.